The van der Waals surface area contributed by atoms with E-state index in [1.54, 1.807) is 19.2 Å². The summed E-state index contributed by atoms with van der Waals surface area (Å²) >= 11 is 0. The monoisotopic (exact) mass is 541 g/mol. The lowest BCUT2D eigenvalue weighted by atomic mass is 10.0. The second-order valence-corrected chi connectivity index (χ2v) is 11.0. The first-order valence-corrected chi connectivity index (χ1v) is 13.8. The zero-order valence-electron chi connectivity index (χ0n) is 21.6. The van der Waals surface area contributed by atoms with Crippen LogP contribution in [0, 0.1) is 5.82 Å². The van der Waals surface area contributed by atoms with Gasteiger partial charge in [-0.2, -0.15) is 4.31 Å². The average molecular weight is 542 g/mol. The first-order chi connectivity index (χ1) is 18.1. The molecule has 0 radical (unpaired) electrons. The Morgan fingerprint density at radius 3 is 2.11 bits per heavy atom. The summed E-state index contributed by atoms with van der Waals surface area (Å²) in [6, 6.07) is 21.1. The standard InChI is InChI=1S/C28H32FN3O5S/c1-31(38(3,35)36)20-27(33)32(19-23-9-13-24(29)14-10-23)26(17-21-7-5-4-6-8-21)28(34)30-18-22-11-15-25(37-2)16-12-22/h4-16,26H,17-20H2,1-3H3,(H,30,34)/t26-/m0/s1. The van der Waals surface area contributed by atoms with Gasteiger partial charge >= 0.3 is 0 Å². The van der Waals surface area contributed by atoms with Crippen LogP contribution in [0.3, 0.4) is 0 Å². The number of rotatable bonds is 12. The maximum Gasteiger partial charge on any atom is 0.243 e. The van der Waals surface area contributed by atoms with Gasteiger partial charge in [-0.3, -0.25) is 9.59 Å². The van der Waals surface area contributed by atoms with Crippen molar-refractivity contribution in [2.75, 3.05) is 27.0 Å². The summed E-state index contributed by atoms with van der Waals surface area (Å²) in [4.78, 5) is 28.5. The van der Waals surface area contributed by atoms with E-state index in [9.17, 15) is 22.4 Å². The van der Waals surface area contributed by atoms with Crippen molar-refractivity contribution in [1.82, 2.24) is 14.5 Å². The number of carbonyl (C=O) groups is 2. The Morgan fingerprint density at radius 1 is 0.921 bits per heavy atom. The number of halogens is 1. The number of nitrogens with one attached hydrogen (secondary N) is 1. The fourth-order valence-corrected chi connectivity index (χ4v) is 4.13. The minimum Gasteiger partial charge on any atom is -0.497 e. The normalized spacial score (nSPS) is 12.1. The molecule has 0 bridgehead atoms. The smallest absolute Gasteiger partial charge is 0.243 e. The van der Waals surface area contributed by atoms with E-state index in [2.05, 4.69) is 5.32 Å². The molecule has 38 heavy (non-hydrogen) atoms. The summed E-state index contributed by atoms with van der Waals surface area (Å²) in [6.07, 6.45) is 1.21. The van der Waals surface area contributed by atoms with E-state index in [-0.39, 0.29) is 19.5 Å². The number of likely N-dealkylation sites (N-methyl/N-ethyl adjacent to an activating group) is 1. The second kappa shape index (κ2) is 13.2. The van der Waals surface area contributed by atoms with E-state index in [4.69, 9.17) is 4.74 Å². The molecule has 0 aliphatic rings. The Morgan fingerprint density at radius 2 is 1.53 bits per heavy atom. The number of benzene rings is 3. The molecule has 0 unspecified atom stereocenters. The quantitative estimate of drug-likeness (QED) is 0.380. The van der Waals surface area contributed by atoms with E-state index >= 15 is 0 Å². The van der Waals surface area contributed by atoms with Crippen LogP contribution in [-0.4, -0.2) is 62.4 Å². The summed E-state index contributed by atoms with van der Waals surface area (Å²) in [5, 5.41) is 2.91. The highest BCUT2D eigenvalue weighted by molar-refractivity contribution is 7.88. The summed E-state index contributed by atoms with van der Waals surface area (Å²) in [6.45, 7) is -0.239. The van der Waals surface area contributed by atoms with Crippen LogP contribution in [0.2, 0.25) is 0 Å². The van der Waals surface area contributed by atoms with Gasteiger partial charge in [0.1, 0.15) is 17.6 Å². The Labute approximate surface area is 223 Å². The largest absolute Gasteiger partial charge is 0.497 e. The summed E-state index contributed by atoms with van der Waals surface area (Å²) < 4.78 is 43.7. The first kappa shape index (κ1) is 28.8. The molecule has 8 nitrogen and oxygen atoms in total. The molecule has 0 saturated carbocycles. The van der Waals surface area contributed by atoms with Crippen LogP contribution in [0.1, 0.15) is 16.7 Å². The number of hydrogen-bond acceptors (Lipinski definition) is 5. The van der Waals surface area contributed by atoms with Crippen LogP contribution in [-0.2, 0) is 39.1 Å². The van der Waals surface area contributed by atoms with Gasteiger partial charge in [-0.25, -0.2) is 12.8 Å². The highest BCUT2D eigenvalue weighted by Crippen LogP contribution is 2.17. The van der Waals surface area contributed by atoms with E-state index in [1.165, 1.54) is 36.2 Å². The SMILES string of the molecule is COc1ccc(CNC(=O)[C@H](Cc2ccccc2)N(Cc2ccc(F)cc2)C(=O)CN(C)S(C)(=O)=O)cc1. The number of carbonyl (C=O) groups excluding carboxylic acids is 2. The highest BCUT2D eigenvalue weighted by atomic mass is 32.2. The molecule has 3 aromatic carbocycles. The van der Waals surface area contributed by atoms with Gasteiger partial charge in [0.2, 0.25) is 21.8 Å². The molecule has 3 aromatic rings. The van der Waals surface area contributed by atoms with Crippen molar-refractivity contribution in [2.24, 2.45) is 0 Å². The van der Waals surface area contributed by atoms with Gasteiger partial charge in [-0.1, -0.05) is 54.6 Å². The van der Waals surface area contributed by atoms with Crippen LogP contribution < -0.4 is 10.1 Å². The fourth-order valence-electron chi connectivity index (χ4n) is 3.79. The minimum atomic E-state index is -3.64. The molecule has 0 fully saturated rings. The number of hydrogen-bond donors (Lipinski definition) is 1. The zero-order valence-corrected chi connectivity index (χ0v) is 22.4. The molecular weight excluding hydrogens is 509 g/mol. The number of methoxy groups -OCH3 is 1. The van der Waals surface area contributed by atoms with Crippen molar-refractivity contribution in [3.8, 4) is 5.75 Å². The molecule has 0 aromatic heterocycles. The molecular formula is C28H32FN3O5S. The lowest BCUT2D eigenvalue weighted by Gasteiger charge is -2.32. The maximum atomic E-state index is 13.6. The first-order valence-electron chi connectivity index (χ1n) is 12.0. The van der Waals surface area contributed by atoms with Gasteiger partial charge in [0.25, 0.3) is 0 Å². The van der Waals surface area contributed by atoms with E-state index in [1.807, 2.05) is 42.5 Å². The third-order valence-corrected chi connectivity index (χ3v) is 7.35. The van der Waals surface area contributed by atoms with Crippen molar-refractivity contribution in [1.29, 1.82) is 0 Å². The van der Waals surface area contributed by atoms with Gasteiger partial charge in [-0.15, -0.1) is 0 Å². The number of ether oxygens (including phenoxy) is 1. The van der Waals surface area contributed by atoms with Gasteiger partial charge < -0.3 is 15.0 Å². The third kappa shape index (κ3) is 8.39. The van der Waals surface area contributed by atoms with Crippen LogP contribution in [0.25, 0.3) is 0 Å². The van der Waals surface area contributed by atoms with Crippen molar-refractivity contribution < 1.29 is 27.1 Å². The number of amides is 2. The lowest BCUT2D eigenvalue weighted by Crippen LogP contribution is -2.52. The Kier molecular flexibility index (Phi) is 9.98. The molecule has 0 spiro atoms. The number of nitrogens with zero attached hydrogens (tertiary/aromatic N) is 2. The Hall–Kier alpha value is -3.76. The predicted molar refractivity (Wildman–Crippen MR) is 143 cm³/mol. The molecule has 1 atom stereocenters. The Balaban J connectivity index is 1.92. The molecule has 0 aliphatic carbocycles. The zero-order chi connectivity index (χ0) is 27.7. The van der Waals surface area contributed by atoms with Gasteiger partial charge in [0.15, 0.2) is 0 Å². The van der Waals surface area contributed by atoms with Crippen LogP contribution in [0.4, 0.5) is 4.39 Å². The highest BCUT2D eigenvalue weighted by Gasteiger charge is 2.31. The fraction of sp³-hybridized carbons (Fsp3) is 0.286. The maximum absolute atomic E-state index is 13.6. The molecule has 10 heteroatoms. The molecule has 2 amide bonds. The van der Waals surface area contributed by atoms with Crippen LogP contribution in [0.5, 0.6) is 5.75 Å². The summed E-state index contributed by atoms with van der Waals surface area (Å²) in [5.41, 5.74) is 2.26. The van der Waals surface area contributed by atoms with Gasteiger partial charge in [0.05, 0.1) is 19.9 Å². The van der Waals surface area contributed by atoms with Crippen molar-refractivity contribution in [3.05, 3.63) is 101 Å². The van der Waals surface area contributed by atoms with E-state index in [0.717, 1.165) is 21.7 Å². The Bertz CT molecular complexity index is 1320. The number of sulfonamides is 1. The summed E-state index contributed by atoms with van der Waals surface area (Å²) in [5.74, 6) is -0.695. The van der Waals surface area contributed by atoms with Gasteiger partial charge in [0, 0.05) is 26.6 Å². The van der Waals surface area contributed by atoms with E-state index in [0.29, 0.717) is 11.3 Å². The third-order valence-electron chi connectivity index (χ3n) is 6.09. The predicted octanol–water partition coefficient (Wildman–Crippen LogP) is 2.98. The topological polar surface area (TPSA) is 96.0 Å². The van der Waals surface area contributed by atoms with Crippen LogP contribution >= 0.6 is 0 Å². The molecule has 0 aliphatic heterocycles. The van der Waals surface area contributed by atoms with Crippen molar-refractivity contribution in [3.63, 3.8) is 0 Å². The van der Waals surface area contributed by atoms with Crippen molar-refractivity contribution >= 4 is 21.8 Å². The molecule has 3 rings (SSSR count). The molecule has 1 N–H and O–H groups in total. The summed E-state index contributed by atoms with van der Waals surface area (Å²) in [7, 11) is -0.768. The molecule has 0 heterocycles. The average Bonchev–Trinajstić information content (AvgIpc) is 2.90. The van der Waals surface area contributed by atoms with E-state index < -0.39 is 40.2 Å². The lowest BCUT2D eigenvalue weighted by molar-refractivity contribution is -0.141. The minimum absolute atomic E-state index is 0.00975. The van der Waals surface area contributed by atoms with Crippen LogP contribution in [0.15, 0.2) is 78.9 Å². The van der Waals surface area contributed by atoms with Crippen molar-refractivity contribution in [2.45, 2.75) is 25.6 Å². The second-order valence-electron chi connectivity index (χ2n) is 8.94. The molecule has 202 valence electrons. The molecule has 0 saturated heterocycles. The van der Waals surface area contributed by atoms with Gasteiger partial charge in [-0.05, 0) is 41.0 Å².